The smallest absolute Gasteiger partial charge is 0.270 e. The van der Waals surface area contributed by atoms with Crippen LogP contribution in [0.15, 0.2) is 35.4 Å². The highest BCUT2D eigenvalue weighted by atomic mass is 16.5. The van der Waals surface area contributed by atoms with Crippen molar-refractivity contribution in [1.82, 2.24) is 24.7 Å². The molecule has 9 heteroatoms. The summed E-state index contributed by atoms with van der Waals surface area (Å²) >= 11 is 0. The molecular formula is C16H15N7O2. The van der Waals surface area contributed by atoms with Gasteiger partial charge in [-0.2, -0.15) is 5.26 Å². The minimum Gasteiger partial charge on any atom is -0.497 e. The molecule has 1 aromatic carbocycles. The first-order chi connectivity index (χ1) is 12.1. The molecule has 0 aliphatic rings. The van der Waals surface area contributed by atoms with E-state index in [9.17, 15) is 10.1 Å². The predicted molar refractivity (Wildman–Crippen MR) is 89.9 cm³/mol. The van der Waals surface area contributed by atoms with Crippen molar-refractivity contribution in [3.05, 3.63) is 52.3 Å². The largest absolute Gasteiger partial charge is 0.497 e. The number of anilines is 1. The molecular weight excluding hydrogens is 322 g/mol. The molecule has 2 aromatic heterocycles. The number of rotatable bonds is 5. The van der Waals surface area contributed by atoms with E-state index in [0.29, 0.717) is 29.4 Å². The van der Waals surface area contributed by atoms with Crippen molar-refractivity contribution in [3.63, 3.8) is 0 Å². The zero-order valence-electron chi connectivity index (χ0n) is 13.6. The molecule has 2 heterocycles. The second-order valence-corrected chi connectivity index (χ2v) is 5.19. The average molecular weight is 337 g/mol. The number of ether oxygens (including phenoxy) is 1. The van der Waals surface area contributed by atoms with Crippen LogP contribution in [-0.2, 0) is 13.6 Å². The molecule has 0 radical (unpaired) electrons. The lowest BCUT2D eigenvalue weighted by Crippen LogP contribution is -2.18. The van der Waals surface area contributed by atoms with Gasteiger partial charge < -0.3 is 14.6 Å². The first-order valence-electron chi connectivity index (χ1n) is 7.38. The Kier molecular flexibility index (Phi) is 4.43. The van der Waals surface area contributed by atoms with E-state index in [2.05, 4.69) is 25.5 Å². The summed E-state index contributed by atoms with van der Waals surface area (Å²) in [5.74, 6) is 1.60. The molecule has 3 aromatic rings. The van der Waals surface area contributed by atoms with Gasteiger partial charge in [0, 0.05) is 12.6 Å². The minimum absolute atomic E-state index is 0.0469. The highest BCUT2D eigenvalue weighted by molar-refractivity contribution is 5.67. The maximum atomic E-state index is 12.2. The number of benzene rings is 1. The lowest BCUT2D eigenvalue weighted by molar-refractivity contribution is 0.415. The second-order valence-electron chi connectivity index (χ2n) is 5.19. The molecule has 3 rings (SSSR count). The molecule has 0 aliphatic heterocycles. The van der Waals surface area contributed by atoms with Gasteiger partial charge in [-0.3, -0.25) is 9.78 Å². The first-order valence-corrected chi connectivity index (χ1v) is 7.38. The van der Waals surface area contributed by atoms with Crippen LogP contribution in [-0.4, -0.2) is 31.8 Å². The molecule has 0 bridgehead atoms. The van der Waals surface area contributed by atoms with Crippen molar-refractivity contribution in [2.75, 3.05) is 12.4 Å². The molecule has 25 heavy (non-hydrogen) atoms. The van der Waals surface area contributed by atoms with Crippen LogP contribution >= 0.6 is 0 Å². The summed E-state index contributed by atoms with van der Waals surface area (Å²) in [5, 5.41) is 20.0. The summed E-state index contributed by atoms with van der Waals surface area (Å²) in [6.45, 7) is 0.327. The Labute approximate surface area is 142 Å². The van der Waals surface area contributed by atoms with Crippen molar-refractivity contribution in [1.29, 1.82) is 5.26 Å². The zero-order valence-corrected chi connectivity index (χ0v) is 13.6. The average Bonchev–Trinajstić information content (AvgIpc) is 3.04. The predicted octanol–water partition coefficient (Wildman–Crippen LogP) is 1.06. The maximum Gasteiger partial charge on any atom is 0.270 e. The lowest BCUT2D eigenvalue weighted by Gasteiger charge is -2.09. The van der Waals surface area contributed by atoms with Crippen molar-refractivity contribution >= 4 is 5.95 Å². The Bertz CT molecular complexity index is 983. The standard InChI is InChI=1S/C16H15N7O2/c1-23-9-19-22-13(23)8-18-16-20-14(12(7-17)15(24)21-16)10-3-5-11(25-2)6-4-10/h3-6,9H,8H2,1-2H3,(H2,18,20,21,24). The number of nitrogens with zero attached hydrogens (tertiary/aromatic N) is 5. The van der Waals surface area contributed by atoms with Crippen LogP contribution in [0.5, 0.6) is 5.75 Å². The van der Waals surface area contributed by atoms with Crippen molar-refractivity contribution in [2.45, 2.75) is 6.54 Å². The number of hydrogen-bond donors (Lipinski definition) is 2. The number of aromatic nitrogens is 5. The highest BCUT2D eigenvalue weighted by Gasteiger charge is 2.14. The summed E-state index contributed by atoms with van der Waals surface area (Å²) in [7, 11) is 3.38. The SMILES string of the molecule is COc1ccc(-c2nc(NCc3nncn3C)[nH]c(=O)c2C#N)cc1. The third-order valence-corrected chi connectivity index (χ3v) is 3.61. The summed E-state index contributed by atoms with van der Waals surface area (Å²) in [5.41, 5.74) is 0.387. The number of aromatic amines is 1. The van der Waals surface area contributed by atoms with Gasteiger partial charge in [-0.15, -0.1) is 10.2 Å². The highest BCUT2D eigenvalue weighted by Crippen LogP contribution is 2.22. The van der Waals surface area contributed by atoms with Crippen LogP contribution < -0.4 is 15.6 Å². The molecule has 9 nitrogen and oxygen atoms in total. The molecule has 0 saturated heterocycles. The summed E-state index contributed by atoms with van der Waals surface area (Å²) < 4.78 is 6.87. The number of nitriles is 1. The topological polar surface area (TPSA) is 122 Å². The van der Waals surface area contributed by atoms with Crippen LogP contribution in [0.2, 0.25) is 0 Å². The van der Waals surface area contributed by atoms with E-state index in [1.165, 1.54) is 0 Å². The van der Waals surface area contributed by atoms with Crippen LogP contribution in [0.1, 0.15) is 11.4 Å². The summed E-state index contributed by atoms with van der Waals surface area (Å²) in [6.07, 6.45) is 1.58. The Morgan fingerprint density at radius 3 is 2.72 bits per heavy atom. The molecule has 0 amide bonds. The number of H-pyrrole nitrogens is 1. The van der Waals surface area contributed by atoms with E-state index in [1.54, 1.807) is 42.3 Å². The molecule has 0 unspecified atom stereocenters. The molecule has 0 atom stereocenters. The Balaban J connectivity index is 1.96. The maximum absolute atomic E-state index is 12.2. The first kappa shape index (κ1) is 16.2. The van der Waals surface area contributed by atoms with Gasteiger partial charge in [0.25, 0.3) is 5.56 Å². The van der Waals surface area contributed by atoms with Gasteiger partial charge in [0.2, 0.25) is 5.95 Å². The second kappa shape index (κ2) is 6.84. The van der Waals surface area contributed by atoms with Gasteiger partial charge >= 0.3 is 0 Å². The molecule has 0 saturated carbocycles. The minimum atomic E-state index is -0.510. The van der Waals surface area contributed by atoms with E-state index in [1.807, 2.05) is 13.1 Å². The third kappa shape index (κ3) is 3.32. The number of nitrogens with one attached hydrogen (secondary N) is 2. The lowest BCUT2D eigenvalue weighted by atomic mass is 10.1. The van der Waals surface area contributed by atoms with Gasteiger partial charge in [-0.25, -0.2) is 4.98 Å². The normalized spacial score (nSPS) is 10.3. The van der Waals surface area contributed by atoms with Crippen molar-refractivity contribution < 1.29 is 4.74 Å². The summed E-state index contributed by atoms with van der Waals surface area (Å²) in [4.78, 5) is 19.1. The molecule has 0 spiro atoms. The van der Waals surface area contributed by atoms with Gasteiger partial charge in [0.15, 0.2) is 5.82 Å². The van der Waals surface area contributed by atoms with Gasteiger partial charge in [0.1, 0.15) is 23.7 Å². The molecule has 2 N–H and O–H groups in total. The van der Waals surface area contributed by atoms with Crippen LogP contribution in [0.25, 0.3) is 11.3 Å². The Morgan fingerprint density at radius 1 is 1.36 bits per heavy atom. The van der Waals surface area contributed by atoms with Gasteiger partial charge in [0.05, 0.1) is 19.3 Å². The van der Waals surface area contributed by atoms with E-state index in [4.69, 9.17) is 4.74 Å². The van der Waals surface area contributed by atoms with Crippen LogP contribution in [0.3, 0.4) is 0 Å². The fourth-order valence-electron chi connectivity index (χ4n) is 2.25. The quantitative estimate of drug-likeness (QED) is 0.714. The van der Waals surface area contributed by atoms with Crippen LogP contribution in [0.4, 0.5) is 5.95 Å². The molecule has 0 fully saturated rings. The summed E-state index contributed by atoms with van der Waals surface area (Å²) in [6, 6.07) is 8.88. The Hall–Kier alpha value is -3.67. The fourth-order valence-corrected chi connectivity index (χ4v) is 2.25. The Morgan fingerprint density at radius 2 is 2.12 bits per heavy atom. The third-order valence-electron chi connectivity index (χ3n) is 3.61. The van der Waals surface area contributed by atoms with E-state index < -0.39 is 5.56 Å². The fraction of sp³-hybridized carbons (Fsp3) is 0.188. The van der Waals surface area contributed by atoms with Crippen LogP contribution in [0, 0.1) is 11.3 Å². The molecule has 126 valence electrons. The van der Waals surface area contributed by atoms with E-state index in [-0.39, 0.29) is 11.5 Å². The van der Waals surface area contributed by atoms with Gasteiger partial charge in [-0.05, 0) is 24.3 Å². The van der Waals surface area contributed by atoms with E-state index in [0.717, 1.165) is 0 Å². The zero-order chi connectivity index (χ0) is 17.8. The number of aryl methyl sites for hydroxylation is 1. The van der Waals surface area contributed by atoms with Crippen molar-refractivity contribution in [3.8, 4) is 23.1 Å². The van der Waals surface area contributed by atoms with Crippen molar-refractivity contribution in [2.24, 2.45) is 7.05 Å². The number of methoxy groups -OCH3 is 1. The monoisotopic (exact) mass is 337 g/mol. The molecule has 0 aliphatic carbocycles. The van der Waals surface area contributed by atoms with E-state index >= 15 is 0 Å². The van der Waals surface area contributed by atoms with Gasteiger partial charge in [-0.1, -0.05) is 0 Å². The number of hydrogen-bond acceptors (Lipinski definition) is 7.